The summed E-state index contributed by atoms with van der Waals surface area (Å²) in [6.07, 6.45) is 1.76. The van der Waals surface area contributed by atoms with E-state index in [0.29, 0.717) is 6.61 Å². The lowest BCUT2D eigenvalue weighted by molar-refractivity contribution is -0.247. The van der Waals surface area contributed by atoms with Crippen molar-refractivity contribution >= 4 is 21.6 Å². The molecule has 0 saturated heterocycles. The van der Waals surface area contributed by atoms with E-state index in [1.807, 2.05) is 18.2 Å². The van der Waals surface area contributed by atoms with Crippen LogP contribution in [0.3, 0.4) is 0 Å². The topological polar surface area (TPSA) is 51.6 Å². The fourth-order valence-corrected chi connectivity index (χ4v) is 2.47. The van der Waals surface area contributed by atoms with E-state index in [0.717, 1.165) is 10.8 Å². The summed E-state index contributed by atoms with van der Waals surface area (Å²) < 4.78 is 9.43. The molecule has 0 saturated carbocycles. The van der Waals surface area contributed by atoms with E-state index >= 15 is 0 Å². The highest BCUT2D eigenvalue weighted by Gasteiger charge is 2.00. The predicted molar refractivity (Wildman–Crippen MR) is 61.5 cm³/mol. The van der Waals surface area contributed by atoms with Gasteiger partial charge in [-0.2, -0.15) is 0 Å². The number of aromatic nitrogens is 1. The number of aliphatic hydroxyl groups excluding tert-OH is 1. The van der Waals surface area contributed by atoms with Gasteiger partial charge in [0.2, 0.25) is 0 Å². The Balaban J connectivity index is 2.03. The van der Waals surface area contributed by atoms with Gasteiger partial charge >= 0.3 is 0 Å². The molecule has 1 atom stereocenters. The van der Waals surface area contributed by atoms with E-state index in [4.69, 9.17) is 9.84 Å². The molecule has 1 rings (SSSR count). The molecule has 0 spiro atoms. The first-order chi connectivity index (χ1) is 7.33. The molecule has 0 fully saturated rings. The van der Waals surface area contributed by atoms with Crippen molar-refractivity contribution in [2.75, 3.05) is 19.5 Å². The van der Waals surface area contributed by atoms with E-state index in [9.17, 15) is 0 Å². The Kier molecular flexibility index (Phi) is 6.78. The van der Waals surface area contributed by atoms with Gasteiger partial charge in [-0.25, -0.2) is 4.98 Å². The van der Waals surface area contributed by atoms with Crippen LogP contribution in [0.5, 0.6) is 0 Å². The summed E-state index contributed by atoms with van der Waals surface area (Å²) in [6, 6.07) is 5.77. The fourth-order valence-electron chi connectivity index (χ4n) is 0.749. The molecule has 0 aromatic carbocycles. The molecule has 0 aliphatic heterocycles. The SMILES string of the molecule is COC(O)OCCSSc1ccccn1. The van der Waals surface area contributed by atoms with Crippen LogP contribution in [0, 0.1) is 0 Å². The number of aliphatic hydroxyl groups is 1. The number of methoxy groups -OCH3 is 1. The zero-order chi connectivity index (χ0) is 10.9. The van der Waals surface area contributed by atoms with Crippen LogP contribution in [0.4, 0.5) is 0 Å². The van der Waals surface area contributed by atoms with Crippen molar-refractivity contribution < 1.29 is 14.6 Å². The average molecular weight is 247 g/mol. The van der Waals surface area contributed by atoms with Crippen molar-refractivity contribution in [1.29, 1.82) is 0 Å². The lowest BCUT2D eigenvalue weighted by atomic mass is 10.5. The lowest BCUT2D eigenvalue weighted by Gasteiger charge is -2.08. The van der Waals surface area contributed by atoms with E-state index in [1.54, 1.807) is 27.8 Å². The van der Waals surface area contributed by atoms with Crippen molar-refractivity contribution in [3.8, 4) is 0 Å². The molecule has 0 aliphatic carbocycles. The first-order valence-electron chi connectivity index (χ1n) is 4.36. The molecule has 84 valence electrons. The summed E-state index contributed by atoms with van der Waals surface area (Å²) in [5.74, 6) is 0.766. The molecule has 1 heterocycles. The third kappa shape index (κ3) is 6.01. The third-order valence-electron chi connectivity index (χ3n) is 1.41. The number of rotatable bonds is 7. The van der Waals surface area contributed by atoms with Crippen molar-refractivity contribution in [3.63, 3.8) is 0 Å². The maximum Gasteiger partial charge on any atom is 0.268 e. The molecular weight excluding hydrogens is 234 g/mol. The fraction of sp³-hybridized carbons (Fsp3) is 0.444. The maximum absolute atomic E-state index is 8.90. The average Bonchev–Trinajstić information content (AvgIpc) is 2.29. The Morgan fingerprint density at radius 2 is 2.40 bits per heavy atom. The monoisotopic (exact) mass is 247 g/mol. The van der Waals surface area contributed by atoms with Crippen LogP contribution >= 0.6 is 21.6 Å². The lowest BCUT2D eigenvalue weighted by Crippen LogP contribution is -2.15. The largest absolute Gasteiger partial charge is 0.346 e. The maximum atomic E-state index is 8.90. The van der Waals surface area contributed by atoms with Gasteiger partial charge < -0.3 is 14.6 Å². The van der Waals surface area contributed by atoms with Gasteiger partial charge in [-0.3, -0.25) is 0 Å². The first-order valence-corrected chi connectivity index (χ1v) is 6.68. The van der Waals surface area contributed by atoms with E-state index in [2.05, 4.69) is 9.72 Å². The summed E-state index contributed by atoms with van der Waals surface area (Å²) in [5, 5.41) is 9.87. The molecule has 0 bridgehead atoms. The van der Waals surface area contributed by atoms with Gasteiger partial charge in [0.05, 0.1) is 6.61 Å². The zero-order valence-corrected chi connectivity index (χ0v) is 9.96. The Hall–Kier alpha value is -0.270. The molecule has 15 heavy (non-hydrogen) atoms. The van der Waals surface area contributed by atoms with E-state index < -0.39 is 6.48 Å². The highest BCUT2D eigenvalue weighted by Crippen LogP contribution is 2.28. The quantitative estimate of drug-likeness (QED) is 0.450. The molecule has 1 aromatic heterocycles. The van der Waals surface area contributed by atoms with Gasteiger partial charge in [-0.15, -0.1) is 0 Å². The molecule has 4 nitrogen and oxygen atoms in total. The van der Waals surface area contributed by atoms with Gasteiger partial charge in [-0.05, 0) is 22.9 Å². The zero-order valence-electron chi connectivity index (χ0n) is 8.33. The predicted octanol–water partition coefficient (Wildman–Crippen LogP) is 1.76. The summed E-state index contributed by atoms with van der Waals surface area (Å²) in [5.41, 5.74) is 0. The second-order valence-corrected chi connectivity index (χ2v) is 4.92. The van der Waals surface area contributed by atoms with Gasteiger partial charge in [0.1, 0.15) is 5.03 Å². The minimum Gasteiger partial charge on any atom is -0.346 e. The molecule has 1 unspecified atom stereocenters. The second kappa shape index (κ2) is 7.95. The minimum atomic E-state index is -1.12. The highest BCUT2D eigenvalue weighted by molar-refractivity contribution is 8.76. The van der Waals surface area contributed by atoms with E-state index in [-0.39, 0.29) is 0 Å². The van der Waals surface area contributed by atoms with Crippen LogP contribution in [-0.2, 0) is 9.47 Å². The van der Waals surface area contributed by atoms with Crippen LogP contribution in [0.1, 0.15) is 0 Å². The molecule has 0 amide bonds. The van der Waals surface area contributed by atoms with Crippen LogP contribution < -0.4 is 0 Å². The highest BCUT2D eigenvalue weighted by atomic mass is 33.1. The number of nitrogens with zero attached hydrogens (tertiary/aromatic N) is 1. The summed E-state index contributed by atoms with van der Waals surface area (Å²) >= 11 is 0. The van der Waals surface area contributed by atoms with Crippen LogP contribution in [0.15, 0.2) is 29.4 Å². The van der Waals surface area contributed by atoms with Crippen molar-refractivity contribution in [1.82, 2.24) is 4.98 Å². The number of pyridine rings is 1. The van der Waals surface area contributed by atoms with Crippen LogP contribution in [0.25, 0.3) is 0 Å². The van der Waals surface area contributed by atoms with Crippen molar-refractivity contribution in [2.24, 2.45) is 0 Å². The third-order valence-corrected chi connectivity index (χ3v) is 3.64. The van der Waals surface area contributed by atoms with E-state index in [1.165, 1.54) is 7.11 Å². The molecule has 0 aliphatic rings. The Morgan fingerprint density at radius 1 is 1.53 bits per heavy atom. The summed E-state index contributed by atoms with van der Waals surface area (Å²) in [6.45, 7) is -0.676. The number of ether oxygens (including phenoxy) is 2. The first kappa shape index (κ1) is 12.8. The standard InChI is InChI=1S/C9H13NO3S2/c1-12-9(11)13-6-7-14-15-8-4-2-3-5-10-8/h2-5,9,11H,6-7H2,1H3. The Bertz CT molecular complexity index is 261. The van der Waals surface area contributed by atoms with Crippen molar-refractivity contribution in [3.05, 3.63) is 24.4 Å². The normalized spacial score (nSPS) is 12.7. The van der Waals surface area contributed by atoms with Gasteiger partial charge in [0, 0.05) is 19.1 Å². The van der Waals surface area contributed by atoms with Crippen molar-refractivity contribution in [2.45, 2.75) is 11.5 Å². The van der Waals surface area contributed by atoms with Gasteiger partial charge in [0.25, 0.3) is 6.48 Å². The molecule has 1 N–H and O–H groups in total. The Labute approximate surface area is 96.8 Å². The second-order valence-electron chi connectivity index (χ2n) is 2.49. The smallest absolute Gasteiger partial charge is 0.268 e. The Morgan fingerprint density at radius 3 is 3.07 bits per heavy atom. The number of hydrogen-bond donors (Lipinski definition) is 1. The van der Waals surface area contributed by atoms with Crippen LogP contribution in [-0.4, -0.2) is 36.0 Å². The van der Waals surface area contributed by atoms with Gasteiger partial charge in [0.15, 0.2) is 0 Å². The minimum absolute atomic E-state index is 0.444. The molecule has 1 aromatic rings. The van der Waals surface area contributed by atoms with Gasteiger partial charge in [-0.1, -0.05) is 16.9 Å². The molecule has 6 heteroatoms. The molecule has 0 radical (unpaired) electrons. The summed E-state index contributed by atoms with van der Waals surface area (Å²) in [4.78, 5) is 4.15. The summed E-state index contributed by atoms with van der Waals surface area (Å²) in [7, 11) is 4.59. The van der Waals surface area contributed by atoms with Crippen LogP contribution in [0.2, 0.25) is 0 Å². The number of hydrogen-bond acceptors (Lipinski definition) is 6. The molecular formula is C9H13NO3S2.